The van der Waals surface area contributed by atoms with Crippen molar-refractivity contribution in [3.63, 3.8) is 0 Å². The van der Waals surface area contributed by atoms with Crippen molar-refractivity contribution in [2.24, 2.45) is 0 Å². The third-order valence-electron chi connectivity index (χ3n) is 2.16. The van der Waals surface area contributed by atoms with E-state index in [4.69, 9.17) is 9.52 Å². The Morgan fingerprint density at radius 1 is 1.56 bits per heavy atom. The van der Waals surface area contributed by atoms with E-state index in [-0.39, 0.29) is 18.1 Å². The van der Waals surface area contributed by atoms with Gasteiger partial charge in [0.25, 0.3) is 5.91 Å². The first-order valence-corrected chi connectivity index (χ1v) is 5.95. The smallest absolute Gasteiger partial charge is 0.355 e. The molecule has 0 saturated heterocycles. The highest BCUT2D eigenvalue weighted by atomic mass is 32.1. The second-order valence-corrected chi connectivity index (χ2v) is 4.50. The second kappa shape index (κ2) is 5.01. The van der Waals surface area contributed by atoms with E-state index in [1.165, 1.54) is 23.0 Å². The van der Waals surface area contributed by atoms with Gasteiger partial charge in [-0.15, -0.1) is 11.3 Å². The van der Waals surface area contributed by atoms with E-state index in [1.54, 1.807) is 13.0 Å². The van der Waals surface area contributed by atoms with Gasteiger partial charge in [0.05, 0.1) is 12.1 Å². The molecule has 0 spiro atoms. The van der Waals surface area contributed by atoms with Gasteiger partial charge in [0.1, 0.15) is 17.0 Å². The number of thiazole rings is 1. The number of hydrogen-bond acceptors (Lipinski definition) is 5. The molecule has 0 radical (unpaired) electrons. The summed E-state index contributed by atoms with van der Waals surface area (Å²) in [6.07, 6.45) is 1.37. The summed E-state index contributed by atoms with van der Waals surface area (Å²) >= 11 is 1.19. The fourth-order valence-corrected chi connectivity index (χ4v) is 2.02. The van der Waals surface area contributed by atoms with Gasteiger partial charge in [0.2, 0.25) is 0 Å². The van der Waals surface area contributed by atoms with Gasteiger partial charge in [0.15, 0.2) is 5.69 Å². The van der Waals surface area contributed by atoms with Crippen LogP contribution in [0.2, 0.25) is 0 Å². The normalized spacial score (nSPS) is 10.3. The monoisotopic (exact) mass is 266 g/mol. The number of nitrogens with one attached hydrogen (secondary N) is 1. The molecule has 0 atom stereocenters. The van der Waals surface area contributed by atoms with E-state index in [0.29, 0.717) is 16.3 Å². The van der Waals surface area contributed by atoms with Gasteiger partial charge >= 0.3 is 5.97 Å². The number of aromatic carboxylic acids is 1. The Hall–Kier alpha value is -2.15. The summed E-state index contributed by atoms with van der Waals surface area (Å²) in [5, 5.41) is 13.3. The van der Waals surface area contributed by atoms with E-state index >= 15 is 0 Å². The maximum absolute atomic E-state index is 11.7. The summed E-state index contributed by atoms with van der Waals surface area (Å²) in [5.74, 6) is -0.698. The maximum atomic E-state index is 11.7. The average Bonchev–Trinajstić information content (AvgIpc) is 2.94. The van der Waals surface area contributed by atoms with Crippen LogP contribution < -0.4 is 5.32 Å². The van der Waals surface area contributed by atoms with Crippen LogP contribution in [-0.4, -0.2) is 22.0 Å². The molecular formula is C11H10N2O4S. The minimum Gasteiger partial charge on any atom is -0.476 e. The van der Waals surface area contributed by atoms with Crippen molar-refractivity contribution in [2.45, 2.75) is 13.5 Å². The number of furan rings is 1. The lowest BCUT2D eigenvalue weighted by atomic mass is 10.3. The highest BCUT2D eigenvalue weighted by Crippen LogP contribution is 2.10. The molecule has 0 aliphatic carbocycles. The van der Waals surface area contributed by atoms with Gasteiger partial charge in [-0.2, -0.15) is 0 Å². The van der Waals surface area contributed by atoms with Crippen molar-refractivity contribution in [3.05, 3.63) is 39.7 Å². The molecule has 0 saturated carbocycles. The maximum Gasteiger partial charge on any atom is 0.355 e. The first-order chi connectivity index (χ1) is 8.56. The number of amides is 1. The molecule has 0 unspecified atom stereocenters. The molecule has 2 rings (SSSR count). The fraction of sp³-hybridized carbons (Fsp3) is 0.182. The Bertz CT molecular complexity index is 587. The Balaban J connectivity index is 1.95. The highest BCUT2D eigenvalue weighted by Gasteiger charge is 2.11. The number of carboxylic acid groups (broad SMARTS) is 1. The molecule has 0 aliphatic rings. The molecule has 7 heteroatoms. The zero-order valence-electron chi connectivity index (χ0n) is 9.47. The zero-order chi connectivity index (χ0) is 13.1. The predicted molar refractivity (Wildman–Crippen MR) is 63.7 cm³/mol. The highest BCUT2D eigenvalue weighted by molar-refractivity contribution is 7.09. The third kappa shape index (κ3) is 2.75. The quantitative estimate of drug-likeness (QED) is 0.878. The van der Waals surface area contributed by atoms with Crippen LogP contribution in [0.4, 0.5) is 0 Å². The summed E-state index contributed by atoms with van der Waals surface area (Å²) in [6.45, 7) is 1.94. The van der Waals surface area contributed by atoms with Crippen LogP contribution >= 0.6 is 11.3 Å². The van der Waals surface area contributed by atoms with Crippen LogP contribution in [-0.2, 0) is 6.54 Å². The summed E-state index contributed by atoms with van der Waals surface area (Å²) in [5.41, 5.74) is 0.422. The molecule has 0 aromatic carbocycles. The Kier molecular flexibility index (Phi) is 3.42. The molecule has 2 heterocycles. The minimum absolute atomic E-state index is 0.0107. The first kappa shape index (κ1) is 12.3. The lowest BCUT2D eigenvalue weighted by molar-refractivity contribution is 0.0691. The Labute approximate surface area is 106 Å². The molecule has 0 aliphatic heterocycles. The summed E-state index contributed by atoms with van der Waals surface area (Å²) in [6, 6.07) is 1.62. The van der Waals surface area contributed by atoms with Gasteiger partial charge in [-0.25, -0.2) is 9.78 Å². The average molecular weight is 266 g/mol. The van der Waals surface area contributed by atoms with Crippen molar-refractivity contribution >= 4 is 23.2 Å². The van der Waals surface area contributed by atoms with Crippen LogP contribution in [0.3, 0.4) is 0 Å². The van der Waals surface area contributed by atoms with E-state index in [2.05, 4.69) is 10.3 Å². The van der Waals surface area contributed by atoms with Gasteiger partial charge in [0, 0.05) is 5.38 Å². The zero-order valence-corrected chi connectivity index (χ0v) is 10.3. The molecule has 0 fully saturated rings. The number of rotatable bonds is 4. The van der Waals surface area contributed by atoms with Crippen LogP contribution in [0.15, 0.2) is 22.1 Å². The van der Waals surface area contributed by atoms with Crippen molar-refractivity contribution in [3.8, 4) is 0 Å². The van der Waals surface area contributed by atoms with Gasteiger partial charge in [-0.3, -0.25) is 4.79 Å². The first-order valence-electron chi connectivity index (χ1n) is 5.07. The molecule has 2 N–H and O–H groups in total. The second-order valence-electron chi connectivity index (χ2n) is 3.56. The summed E-state index contributed by atoms with van der Waals surface area (Å²) in [4.78, 5) is 26.1. The number of hydrogen-bond donors (Lipinski definition) is 2. The lowest BCUT2D eigenvalue weighted by Crippen LogP contribution is -2.22. The molecule has 2 aromatic heterocycles. The Morgan fingerprint density at radius 3 is 2.89 bits per heavy atom. The predicted octanol–water partition coefficient (Wildman–Crippen LogP) is 1.67. The van der Waals surface area contributed by atoms with Crippen LogP contribution in [0.25, 0.3) is 0 Å². The largest absolute Gasteiger partial charge is 0.476 e. The van der Waals surface area contributed by atoms with E-state index in [9.17, 15) is 9.59 Å². The molecule has 1 amide bonds. The molecule has 18 heavy (non-hydrogen) atoms. The Morgan fingerprint density at radius 2 is 2.33 bits per heavy atom. The number of carbonyl (C=O) groups is 2. The minimum atomic E-state index is -1.07. The van der Waals surface area contributed by atoms with Crippen LogP contribution in [0, 0.1) is 6.92 Å². The molecule has 2 aromatic rings. The van der Waals surface area contributed by atoms with E-state index in [1.807, 2.05) is 0 Å². The number of aromatic nitrogens is 1. The van der Waals surface area contributed by atoms with Crippen molar-refractivity contribution < 1.29 is 19.1 Å². The van der Waals surface area contributed by atoms with Gasteiger partial charge < -0.3 is 14.8 Å². The SMILES string of the molecule is Cc1cc(C(=O)NCc2nc(C(=O)O)cs2)co1. The van der Waals surface area contributed by atoms with Crippen LogP contribution in [0.5, 0.6) is 0 Å². The van der Waals surface area contributed by atoms with Gasteiger partial charge in [-0.05, 0) is 13.0 Å². The number of carboxylic acids is 1. The van der Waals surface area contributed by atoms with Crippen molar-refractivity contribution in [1.29, 1.82) is 0 Å². The van der Waals surface area contributed by atoms with E-state index in [0.717, 1.165) is 0 Å². The standard InChI is InChI=1S/C11H10N2O4S/c1-6-2-7(4-17-6)10(14)12-3-9-13-8(5-18-9)11(15)16/h2,4-5H,3H2,1H3,(H,12,14)(H,15,16). The fourth-order valence-electron chi connectivity index (χ4n) is 1.31. The van der Waals surface area contributed by atoms with Crippen LogP contribution in [0.1, 0.15) is 31.6 Å². The summed E-state index contributed by atoms with van der Waals surface area (Å²) in [7, 11) is 0. The van der Waals surface area contributed by atoms with Crippen molar-refractivity contribution in [2.75, 3.05) is 0 Å². The topological polar surface area (TPSA) is 92.4 Å². The number of aryl methyl sites for hydroxylation is 1. The summed E-state index contributed by atoms with van der Waals surface area (Å²) < 4.78 is 5.02. The van der Waals surface area contributed by atoms with E-state index < -0.39 is 5.97 Å². The number of carbonyl (C=O) groups excluding carboxylic acids is 1. The molecule has 6 nitrogen and oxygen atoms in total. The number of nitrogens with zero attached hydrogens (tertiary/aromatic N) is 1. The lowest BCUT2D eigenvalue weighted by Gasteiger charge is -1.99. The molecule has 94 valence electrons. The van der Waals surface area contributed by atoms with Crippen molar-refractivity contribution in [1.82, 2.24) is 10.3 Å². The third-order valence-corrected chi connectivity index (χ3v) is 3.01. The molecular weight excluding hydrogens is 256 g/mol. The molecule has 0 bridgehead atoms. The van der Waals surface area contributed by atoms with Gasteiger partial charge in [-0.1, -0.05) is 0 Å².